The Bertz CT molecular complexity index is 480. The lowest BCUT2D eigenvalue weighted by Crippen LogP contribution is -2.02. The molecule has 0 aliphatic heterocycles. The second-order valence-electron chi connectivity index (χ2n) is 5.08. The van der Waals surface area contributed by atoms with E-state index in [1.807, 2.05) is 6.20 Å². The topological polar surface area (TPSA) is 17.8 Å². The van der Waals surface area contributed by atoms with Gasteiger partial charge in [-0.05, 0) is 42.5 Å². The van der Waals surface area contributed by atoms with Crippen molar-refractivity contribution in [2.45, 2.75) is 46.0 Å². The summed E-state index contributed by atoms with van der Waals surface area (Å²) < 4.78 is 2.06. The maximum Gasteiger partial charge on any atom is 0.0648 e. The largest absolute Gasteiger partial charge is 0.238 e. The van der Waals surface area contributed by atoms with Gasteiger partial charge in [0.1, 0.15) is 0 Å². The second-order valence-corrected chi connectivity index (χ2v) is 5.08. The van der Waals surface area contributed by atoms with E-state index in [1.165, 1.54) is 24.1 Å². The van der Waals surface area contributed by atoms with Gasteiger partial charge in [0, 0.05) is 11.9 Å². The Hall–Kier alpha value is -1.57. The Morgan fingerprint density at radius 1 is 1.11 bits per heavy atom. The highest BCUT2D eigenvalue weighted by molar-refractivity contribution is 5.36. The van der Waals surface area contributed by atoms with Crippen molar-refractivity contribution in [1.82, 2.24) is 9.78 Å². The predicted octanol–water partition coefficient (Wildman–Crippen LogP) is 4.34. The minimum absolute atomic E-state index is 0.580. The monoisotopic (exact) mass is 242 g/mol. The molecule has 1 aromatic heterocycles. The zero-order chi connectivity index (χ0) is 13.0. The summed E-state index contributed by atoms with van der Waals surface area (Å²) in [6.07, 6.45) is 5.43. The molecule has 0 aliphatic carbocycles. The molecule has 2 aromatic rings. The molecule has 0 aliphatic rings. The maximum atomic E-state index is 4.43. The van der Waals surface area contributed by atoms with Crippen LogP contribution in [0, 0.1) is 0 Å². The third-order valence-electron chi connectivity index (χ3n) is 3.31. The number of hydrogen-bond acceptors (Lipinski definition) is 1. The van der Waals surface area contributed by atoms with E-state index < -0.39 is 0 Å². The normalized spacial score (nSPS) is 11.1. The van der Waals surface area contributed by atoms with Gasteiger partial charge in [-0.2, -0.15) is 5.10 Å². The molecule has 0 N–H and O–H groups in total. The SMILES string of the molecule is CCCCc1ccnn1-c1ccc(C(C)C)cc1. The Morgan fingerprint density at radius 3 is 2.44 bits per heavy atom. The van der Waals surface area contributed by atoms with E-state index in [2.05, 4.69) is 60.9 Å². The number of benzene rings is 1. The number of aromatic nitrogens is 2. The van der Waals surface area contributed by atoms with Crippen LogP contribution in [0.25, 0.3) is 5.69 Å². The Morgan fingerprint density at radius 2 is 1.83 bits per heavy atom. The van der Waals surface area contributed by atoms with E-state index in [4.69, 9.17) is 0 Å². The molecule has 0 saturated heterocycles. The number of aryl methyl sites for hydroxylation is 1. The molecule has 0 amide bonds. The van der Waals surface area contributed by atoms with Gasteiger partial charge in [0.05, 0.1) is 5.69 Å². The quantitative estimate of drug-likeness (QED) is 0.762. The van der Waals surface area contributed by atoms with Crippen LogP contribution in [0.5, 0.6) is 0 Å². The van der Waals surface area contributed by atoms with Crippen molar-refractivity contribution in [2.75, 3.05) is 0 Å². The number of nitrogens with zero attached hydrogens (tertiary/aromatic N) is 2. The average molecular weight is 242 g/mol. The van der Waals surface area contributed by atoms with E-state index in [1.54, 1.807) is 0 Å². The molecule has 2 nitrogen and oxygen atoms in total. The highest BCUT2D eigenvalue weighted by Gasteiger charge is 2.05. The summed E-state index contributed by atoms with van der Waals surface area (Å²) >= 11 is 0. The van der Waals surface area contributed by atoms with Crippen LogP contribution in [0.2, 0.25) is 0 Å². The average Bonchev–Trinajstić information content (AvgIpc) is 2.84. The molecule has 18 heavy (non-hydrogen) atoms. The second kappa shape index (κ2) is 5.85. The Balaban J connectivity index is 2.23. The minimum Gasteiger partial charge on any atom is -0.238 e. The smallest absolute Gasteiger partial charge is 0.0648 e. The summed E-state index contributed by atoms with van der Waals surface area (Å²) in [7, 11) is 0. The van der Waals surface area contributed by atoms with Gasteiger partial charge in [0.25, 0.3) is 0 Å². The standard InChI is InChI=1S/C16H22N2/c1-4-5-6-15-11-12-17-18(15)16-9-7-14(8-10-16)13(2)3/h7-13H,4-6H2,1-3H3. The summed E-state index contributed by atoms with van der Waals surface area (Å²) in [5.74, 6) is 0.580. The molecular weight excluding hydrogens is 220 g/mol. The van der Waals surface area contributed by atoms with Crippen LogP contribution in [-0.2, 0) is 6.42 Å². The van der Waals surface area contributed by atoms with Crippen LogP contribution in [0.3, 0.4) is 0 Å². The van der Waals surface area contributed by atoms with E-state index >= 15 is 0 Å². The molecule has 2 rings (SSSR count). The van der Waals surface area contributed by atoms with Crippen molar-refractivity contribution < 1.29 is 0 Å². The molecule has 1 aromatic carbocycles. The summed E-state index contributed by atoms with van der Waals surface area (Å²) in [4.78, 5) is 0. The lowest BCUT2D eigenvalue weighted by atomic mass is 10.0. The Kier molecular flexibility index (Phi) is 4.19. The third kappa shape index (κ3) is 2.81. The molecular formula is C16H22N2. The van der Waals surface area contributed by atoms with Gasteiger partial charge in [-0.1, -0.05) is 39.3 Å². The Labute approximate surface area is 110 Å². The van der Waals surface area contributed by atoms with Crippen molar-refractivity contribution >= 4 is 0 Å². The summed E-state index contributed by atoms with van der Waals surface area (Å²) in [6, 6.07) is 10.8. The van der Waals surface area contributed by atoms with Gasteiger partial charge >= 0.3 is 0 Å². The molecule has 1 heterocycles. The van der Waals surface area contributed by atoms with Crippen molar-refractivity contribution in [3.8, 4) is 5.69 Å². The molecule has 0 fully saturated rings. The van der Waals surface area contributed by atoms with E-state index in [0.717, 1.165) is 12.1 Å². The fraction of sp³-hybridized carbons (Fsp3) is 0.438. The van der Waals surface area contributed by atoms with E-state index in [-0.39, 0.29) is 0 Å². The fourth-order valence-corrected chi connectivity index (χ4v) is 2.11. The summed E-state index contributed by atoms with van der Waals surface area (Å²) in [6.45, 7) is 6.66. The maximum absolute atomic E-state index is 4.43. The van der Waals surface area contributed by atoms with Crippen LogP contribution in [0.4, 0.5) is 0 Å². The zero-order valence-electron chi connectivity index (χ0n) is 11.6. The first-order chi connectivity index (χ1) is 8.72. The van der Waals surface area contributed by atoms with Crippen LogP contribution in [0.1, 0.15) is 50.8 Å². The van der Waals surface area contributed by atoms with Gasteiger partial charge in [-0.15, -0.1) is 0 Å². The lowest BCUT2D eigenvalue weighted by Gasteiger charge is -2.09. The van der Waals surface area contributed by atoms with Crippen molar-refractivity contribution in [3.63, 3.8) is 0 Å². The predicted molar refractivity (Wildman–Crippen MR) is 76.3 cm³/mol. The zero-order valence-corrected chi connectivity index (χ0v) is 11.6. The first-order valence-electron chi connectivity index (χ1n) is 6.85. The van der Waals surface area contributed by atoms with Gasteiger partial charge in [-0.25, -0.2) is 4.68 Å². The molecule has 96 valence electrons. The number of unbranched alkanes of at least 4 members (excludes halogenated alkanes) is 1. The molecule has 0 unspecified atom stereocenters. The third-order valence-corrected chi connectivity index (χ3v) is 3.31. The van der Waals surface area contributed by atoms with Crippen LogP contribution in [0.15, 0.2) is 36.5 Å². The highest BCUT2D eigenvalue weighted by atomic mass is 15.3. The van der Waals surface area contributed by atoms with Crippen molar-refractivity contribution in [3.05, 3.63) is 47.8 Å². The number of hydrogen-bond donors (Lipinski definition) is 0. The molecule has 0 saturated carbocycles. The molecule has 0 spiro atoms. The molecule has 0 bridgehead atoms. The first kappa shape index (κ1) is 12.9. The summed E-state index contributed by atoms with van der Waals surface area (Å²) in [5, 5.41) is 4.43. The number of rotatable bonds is 5. The van der Waals surface area contributed by atoms with Crippen LogP contribution < -0.4 is 0 Å². The highest BCUT2D eigenvalue weighted by Crippen LogP contribution is 2.18. The van der Waals surface area contributed by atoms with Crippen molar-refractivity contribution in [2.24, 2.45) is 0 Å². The minimum atomic E-state index is 0.580. The van der Waals surface area contributed by atoms with Gasteiger partial charge in [0.2, 0.25) is 0 Å². The summed E-state index contributed by atoms with van der Waals surface area (Å²) in [5.41, 5.74) is 3.84. The van der Waals surface area contributed by atoms with Crippen molar-refractivity contribution in [1.29, 1.82) is 0 Å². The molecule has 2 heteroatoms. The van der Waals surface area contributed by atoms with Crippen LogP contribution >= 0.6 is 0 Å². The lowest BCUT2D eigenvalue weighted by molar-refractivity contribution is 0.728. The van der Waals surface area contributed by atoms with Gasteiger partial charge in [0.15, 0.2) is 0 Å². The van der Waals surface area contributed by atoms with Crippen LogP contribution in [-0.4, -0.2) is 9.78 Å². The van der Waals surface area contributed by atoms with Gasteiger partial charge < -0.3 is 0 Å². The van der Waals surface area contributed by atoms with E-state index in [0.29, 0.717) is 5.92 Å². The molecule has 0 atom stereocenters. The molecule has 0 radical (unpaired) electrons. The fourth-order valence-electron chi connectivity index (χ4n) is 2.11. The van der Waals surface area contributed by atoms with E-state index in [9.17, 15) is 0 Å². The first-order valence-corrected chi connectivity index (χ1v) is 6.85. The van der Waals surface area contributed by atoms with Gasteiger partial charge in [-0.3, -0.25) is 0 Å².